The molecule has 0 amide bonds. The van der Waals surface area contributed by atoms with Crippen LogP contribution in [0.15, 0.2) is 71.8 Å². The summed E-state index contributed by atoms with van der Waals surface area (Å²) in [6, 6.07) is 12.4. The van der Waals surface area contributed by atoms with E-state index in [2.05, 4.69) is 11.6 Å². The van der Waals surface area contributed by atoms with Crippen LogP contribution in [-0.2, 0) is 11.3 Å². The van der Waals surface area contributed by atoms with E-state index in [1.807, 2.05) is 24.3 Å². The van der Waals surface area contributed by atoms with Gasteiger partial charge in [-0.25, -0.2) is 0 Å². The fourth-order valence-electron chi connectivity index (χ4n) is 3.28. The fraction of sp³-hybridized carbons (Fsp3) is 0.174. The summed E-state index contributed by atoms with van der Waals surface area (Å²) in [7, 11) is 0. The molecule has 0 saturated heterocycles. The van der Waals surface area contributed by atoms with E-state index in [1.165, 1.54) is 13.0 Å². The zero-order valence-electron chi connectivity index (χ0n) is 16.5. The van der Waals surface area contributed by atoms with Crippen LogP contribution in [0.1, 0.15) is 25.1 Å². The number of nitrogens with zero attached hydrogens (tertiary/aromatic N) is 2. The van der Waals surface area contributed by atoms with Crippen molar-refractivity contribution in [2.45, 2.75) is 20.4 Å². The lowest BCUT2D eigenvalue weighted by molar-refractivity contribution is -0.111. The van der Waals surface area contributed by atoms with E-state index in [-0.39, 0.29) is 17.9 Å². The predicted molar refractivity (Wildman–Crippen MR) is 115 cm³/mol. The van der Waals surface area contributed by atoms with E-state index in [0.29, 0.717) is 34.6 Å². The van der Waals surface area contributed by atoms with Gasteiger partial charge in [-0.3, -0.25) is 14.6 Å². The van der Waals surface area contributed by atoms with Crippen LogP contribution >= 0.6 is 0 Å². The van der Waals surface area contributed by atoms with Gasteiger partial charge in [0.15, 0.2) is 5.78 Å². The molecule has 0 saturated carbocycles. The smallest absolute Gasteiger partial charge is 0.251 e. The molecule has 0 unspecified atom stereocenters. The molecule has 0 radical (unpaired) electrons. The summed E-state index contributed by atoms with van der Waals surface area (Å²) in [6.45, 7) is 7.40. The van der Waals surface area contributed by atoms with Crippen LogP contribution < -0.4 is 16.0 Å². The number of ether oxygens (including phenoxy) is 1. The molecule has 3 aromatic rings. The molecule has 29 heavy (non-hydrogen) atoms. The van der Waals surface area contributed by atoms with Crippen LogP contribution in [0.4, 0.5) is 0 Å². The molecular formula is C23H23N3O3. The SMILES string of the molecule is C=CCOc1cc2c(ccc(=O)n2Cc2ccccn2)cc1C(C(C)=O)=C(C)N. The first-order valence-electron chi connectivity index (χ1n) is 9.21. The largest absolute Gasteiger partial charge is 0.489 e. The number of ketones is 1. The number of Topliss-reactive ketones (excluding diaryl/α,β-unsaturated/α-hetero) is 1. The van der Waals surface area contributed by atoms with Crippen LogP contribution in [0.25, 0.3) is 16.5 Å². The van der Waals surface area contributed by atoms with Gasteiger partial charge in [0, 0.05) is 35.2 Å². The quantitative estimate of drug-likeness (QED) is 0.495. The monoisotopic (exact) mass is 389 g/mol. The van der Waals surface area contributed by atoms with Crippen molar-refractivity contribution in [3.8, 4) is 5.75 Å². The Morgan fingerprint density at radius 2 is 2.03 bits per heavy atom. The molecule has 6 nitrogen and oxygen atoms in total. The summed E-state index contributed by atoms with van der Waals surface area (Å²) in [6.07, 6.45) is 3.31. The summed E-state index contributed by atoms with van der Waals surface area (Å²) < 4.78 is 7.46. The van der Waals surface area contributed by atoms with Crippen LogP contribution in [-0.4, -0.2) is 21.9 Å². The Morgan fingerprint density at radius 1 is 1.24 bits per heavy atom. The van der Waals surface area contributed by atoms with Crippen LogP contribution in [0.5, 0.6) is 5.75 Å². The molecule has 1 aromatic carbocycles. The molecule has 0 fully saturated rings. The molecule has 2 aromatic heterocycles. The Morgan fingerprint density at radius 3 is 2.66 bits per heavy atom. The third-order valence-corrected chi connectivity index (χ3v) is 4.51. The maximum absolute atomic E-state index is 12.6. The van der Waals surface area contributed by atoms with Crippen LogP contribution in [0, 0.1) is 0 Å². The summed E-state index contributed by atoms with van der Waals surface area (Å²) in [5, 5.41) is 0.793. The zero-order chi connectivity index (χ0) is 21.0. The third-order valence-electron chi connectivity index (χ3n) is 4.51. The first kappa shape index (κ1) is 20.1. The number of carbonyl (C=O) groups excluding carboxylic acids is 1. The molecule has 2 N–H and O–H groups in total. The Balaban J connectivity index is 2.27. The second-order valence-corrected chi connectivity index (χ2v) is 6.70. The highest BCUT2D eigenvalue weighted by molar-refractivity contribution is 6.21. The van der Waals surface area contributed by atoms with Gasteiger partial charge in [0.1, 0.15) is 12.4 Å². The van der Waals surface area contributed by atoms with Crippen molar-refractivity contribution in [1.82, 2.24) is 9.55 Å². The van der Waals surface area contributed by atoms with Gasteiger partial charge in [0.25, 0.3) is 5.56 Å². The van der Waals surface area contributed by atoms with Gasteiger partial charge in [-0.05, 0) is 43.5 Å². The molecule has 6 heteroatoms. The third kappa shape index (κ3) is 4.27. The van der Waals surface area contributed by atoms with Gasteiger partial charge in [0.2, 0.25) is 0 Å². The van der Waals surface area contributed by atoms with E-state index >= 15 is 0 Å². The Kier molecular flexibility index (Phi) is 5.93. The zero-order valence-corrected chi connectivity index (χ0v) is 16.5. The predicted octanol–water partition coefficient (Wildman–Crippen LogP) is 3.29. The van der Waals surface area contributed by atoms with Crippen molar-refractivity contribution >= 4 is 22.3 Å². The van der Waals surface area contributed by atoms with E-state index in [9.17, 15) is 9.59 Å². The lowest BCUT2D eigenvalue weighted by atomic mass is 9.97. The average Bonchev–Trinajstić information content (AvgIpc) is 2.69. The number of fused-ring (bicyclic) bond motifs is 1. The molecule has 2 heterocycles. The minimum absolute atomic E-state index is 0.150. The van der Waals surface area contributed by atoms with Crippen molar-refractivity contribution < 1.29 is 9.53 Å². The molecule has 3 rings (SSSR count). The second kappa shape index (κ2) is 8.56. The molecule has 0 spiro atoms. The van der Waals surface area contributed by atoms with E-state index in [0.717, 1.165) is 11.1 Å². The normalized spacial score (nSPS) is 11.8. The number of carbonyl (C=O) groups is 1. The summed E-state index contributed by atoms with van der Waals surface area (Å²) >= 11 is 0. The molecular weight excluding hydrogens is 366 g/mol. The highest BCUT2D eigenvalue weighted by Gasteiger charge is 2.18. The van der Waals surface area contributed by atoms with Crippen molar-refractivity contribution in [2.24, 2.45) is 5.73 Å². The average molecular weight is 389 g/mol. The number of aromatic nitrogens is 2. The molecule has 0 atom stereocenters. The lowest BCUT2D eigenvalue weighted by Crippen LogP contribution is -2.20. The van der Waals surface area contributed by atoms with Crippen LogP contribution in [0.2, 0.25) is 0 Å². The van der Waals surface area contributed by atoms with Crippen molar-refractivity contribution in [2.75, 3.05) is 6.61 Å². The first-order valence-corrected chi connectivity index (χ1v) is 9.21. The first-order chi connectivity index (χ1) is 13.9. The van der Waals surface area contributed by atoms with Gasteiger partial charge in [-0.2, -0.15) is 0 Å². The van der Waals surface area contributed by atoms with Gasteiger partial charge in [0.05, 0.1) is 17.8 Å². The summed E-state index contributed by atoms with van der Waals surface area (Å²) in [5.74, 6) is 0.308. The molecule has 0 aliphatic carbocycles. The van der Waals surface area contributed by atoms with E-state index in [4.69, 9.17) is 10.5 Å². The number of hydrogen-bond donors (Lipinski definition) is 1. The number of hydrogen-bond acceptors (Lipinski definition) is 5. The summed E-state index contributed by atoms with van der Waals surface area (Å²) in [4.78, 5) is 29.1. The Bertz CT molecular complexity index is 1160. The second-order valence-electron chi connectivity index (χ2n) is 6.70. The van der Waals surface area contributed by atoms with Gasteiger partial charge < -0.3 is 15.0 Å². The van der Waals surface area contributed by atoms with Gasteiger partial charge in [-0.15, -0.1) is 0 Å². The molecule has 0 aliphatic heterocycles. The van der Waals surface area contributed by atoms with Crippen LogP contribution in [0.3, 0.4) is 0 Å². The number of rotatable bonds is 7. The minimum Gasteiger partial charge on any atom is -0.489 e. The summed E-state index contributed by atoms with van der Waals surface area (Å²) in [5.41, 5.74) is 8.68. The van der Waals surface area contributed by atoms with Gasteiger partial charge >= 0.3 is 0 Å². The molecule has 0 bridgehead atoms. The minimum atomic E-state index is -0.158. The fourth-order valence-corrected chi connectivity index (χ4v) is 3.28. The Labute approximate surface area is 169 Å². The number of nitrogens with two attached hydrogens (primary N) is 1. The topological polar surface area (TPSA) is 87.2 Å². The Hall–Kier alpha value is -3.67. The maximum Gasteiger partial charge on any atom is 0.251 e. The van der Waals surface area contributed by atoms with E-state index in [1.54, 1.807) is 35.9 Å². The molecule has 148 valence electrons. The van der Waals surface area contributed by atoms with Crippen molar-refractivity contribution in [3.05, 3.63) is 88.6 Å². The number of benzene rings is 1. The standard InChI is InChI=1S/C23H23N3O3/c1-4-11-29-21-13-20-17(12-19(21)23(15(2)24)16(3)27)8-9-22(28)26(20)14-18-7-5-6-10-25-18/h4-10,12-13H,1,11,14,24H2,2-3H3. The van der Waals surface area contributed by atoms with Gasteiger partial charge in [-0.1, -0.05) is 18.7 Å². The lowest BCUT2D eigenvalue weighted by Gasteiger charge is -2.17. The van der Waals surface area contributed by atoms with Crippen molar-refractivity contribution in [1.29, 1.82) is 0 Å². The molecule has 0 aliphatic rings. The number of pyridine rings is 2. The highest BCUT2D eigenvalue weighted by atomic mass is 16.5. The number of allylic oxidation sites excluding steroid dienone is 2. The van der Waals surface area contributed by atoms with Crippen molar-refractivity contribution in [3.63, 3.8) is 0 Å². The highest BCUT2D eigenvalue weighted by Crippen LogP contribution is 2.32. The van der Waals surface area contributed by atoms with E-state index < -0.39 is 0 Å². The maximum atomic E-state index is 12.6.